The number of benzene rings is 3. The number of fused-ring (bicyclic) bond motifs is 3. The number of halogens is 1. The highest BCUT2D eigenvalue weighted by atomic mass is 79.9. The van der Waals surface area contributed by atoms with E-state index in [0.29, 0.717) is 28.4 Å². The summed E-state index contributed by atoms with van der Waals surface area (Å²) in [6, 6.07) is 18.4. The number of carbonyl (C=O) groups is 2. The molecule has 3 aliphatic rings. The predicted molar refractivity (Wildman–Crippen MR) is 130 cm³/mol. The van der Waals surface area contributed by atoms with E-state index in [2.05, 4.69) is 27.3 Å². The molecule has 0 saturated carbocycles. The van der Waals surface area contributed by atoms with Crippen LogP contribution >= 0.6 is 15.9 Å². The van der Waals surface area contributed by atoms with E-state index in [1.807, 2.05) is 18.2 Å². The van der Waals surface area contributed by atoms with Gasteiger partial charge in [-0.25, -0.2) is 4.79 Å². The van der Waals surface area contributed by atoms with Crippen molar-refractivity contribution in [1.82, 2.24) is 5.32 Å². The highest BCUT2D eigenvalue weighted by Gasteiger charge is 2.42. The van der Waals surface area contributed by atoms with Gasteiger partial charge in [0.15, 0.2) is 17.6 Å². The fraction of sp³-hybridized carbons (Fsp3) is 0.259. The molecule has 0 fully saturated rings. The number of nitrogens with one attached hydrogen (secondary N) is 1. The molecular weight excluding hydrogens is 514 g/mol. The molecule has 1 N–H and O–H groups in total. The average molecular weight is 536 g/mol. The van der Waals surface area contributed by atoms with Crippen molar-refractivity contribution in [2.24, 2.45) is 0 Å². The summed E-state index contributed by atoms with van der Waals surface area (Å²) in [5.41, 5.74) is 3.32. The molecule has 0 spiro atoms. The molecule has 1 amide bonds. The van der Waals surface area contributed by atoms with Gasteiger partial charge in [-0.2, -0.15) is 0 Å². The standard InChI is InChI=1S/C27H22BrNO6/c28-17-9-11-21-19(13-17)24(30)26(25(34-21)16-8-10-22-23(12-16)33-14-32-22)35-27(31)29-20-7-3-5-15-4-1-2-6-18(15)20/h1-2,4,6,8-13,20,25-26H,3,5,7,14H2,(H,29,31)/t20-,25-,26+/m0/s1. The zero-order chi connectivity index (χ0) is 23.9. The van der Waals surface area contributed by atoms with E-state index in [4.69, 9.17) is 18.9 Å². The Hall–Kier alpha value is -3.52. The minimum Gasteiger partial charge on any atom is -0.481 e. The van der Waals surface area contributed by atoms with Crippen LogP contribution < -0.4 is 19.5 Å². The van der Waals surface area contributed by atoms with E-state index < -0.39 is 18.3 Å². The third kappa shape index (κ3) is 4.12. The lowest BCUT2D eigenvalue weighted by atomic mass is 9.88. The third-order valence-corrected chi connectivity index (χ3v) is 7.11. The molecule has 2 aliphatic heterocycles. The SMILES string of the molecule is O=C(N[C@H]1CCCc2ccccc21)O[C@@H]1C(=O)c2cc(Br)ccc2O[C@H]1c1ccc2c(c1)OCO2. The summed E-state index contributed by atoms with van der Waals surface area (Å²) in [5.74, 6) is 1.28. The number of hydrogen-bond donors (Lipinski definition) is 1. The third-order valence-electron chi connectivity index (χ3n) is 6.62. The van der Waals surface area contributed by atoms with E-state index in [1.54, 1.807) is 36.4 Å². The molecule has 0 bridgehead atoms. The monoisotopic (exact) mass is 535 g/mol. The molecule has 3 aromatic rings. The number of carbonyl (C=O) groups excluding carboxylic acids is 2. The quantitative estimate of drug-likeness (QED) is 0.465. The number of rotatable bonds is 3. The van der Waals surface area contributed by atoms with E-state index in [1.165, 1.54) is 5.56 Å². The van der Waals surface area contributed by atoms with Crippen LogP contribution in [0, 0.1) is 0 Å². The first kappa shape index (κ1) is 22.0. The second kappa shape index (κ2) is 8.92. The summed E-state index contributed by atoms with van der Waals surface area (Å²) in [6.07, 6.45) is 0.0944. The average Bonchev–Trinajstić information content (AvgIpc) is 3.34. The Balaban J connectivity index is 1.30. The molecule has 0 unspecified atom stereocenters. The minimum atomic E-state index is -1.17. The van der Waals surface area contributed by atoms with E-state index in [9.17, 15) is 9.59 Å². The highest BCUT2D eigenvalue weighted by molar-refractivity contribution is 9.10. The van der Waals surface area contributed by atoms with Gasteiger partial charge < -0.3 is 24.3 Å². The molecule has 0 aromatic heterocycles. The predicted octanol–water partition coefficient (Wildman–Crippen LogP) is 5.67. The van der Waals surface area contributed by atoms with Crippen molar-refractivity contribution >= 4 is 27.8 Å². The van der Waals surface area contributed by atoms with Crippen molar-refractivity contribution in [3.63, 3.8) is 0 Å². The number of hydrogen-bond acceptors (Lipinski definition) is 6. The van der Waals surface area contributed by atoms with E-state index >= 15 is 0 Å². The first-order valence-corrected chi connectivity index (χ1v) is 12.3. The highest BCUT2D eigenvalue weighted by Crippen LogP contribution is 2.41. The maximum atomic E-state index is 13.6. The van der Waals surface area contributed by atoms with Crippen molar-refractivity contribution in [1.29, 1.82) is 0 Å². The molecule has 8 heteroatoms. The normalized spacial score (nSPS) is 22.0. The second-order valence-electron chi connectivity index (χ2n) is 8.77. The maximum Gasteiger partial charge on any atom is 0.408 e. The number of ether oxygens (including phenoxy) is 4. The number of ketones is 1. The lowest BCUT2D eigenvalue weighted by Crippen LogP contribution is -2.43. The molecule has 3 aromatic carbocycles. The Bertz CT molecular complexity index is 1320. The van der Waals surface area contributed by atoms with Crippen molar-refractivity contribution < 1.29 is 28.5 Å². The number of alkyl carbamates (subject to hydrolysis) is 1. The molecule has 7 nitrogen and oxygen atoms in total. The lowest BCUT2D eigenvalue weighted by Gasteiger charge is -2.33. The van der Waals surface area contributed by atoms with Crippen LogP contribution in [0.15, 0.2) is 65.1 Å². The summed E-state index contributed by atoms with van der Waals surface area (Å²) in [6.45, 7) is 0.130. The van der Waals surface area contributed by atoms with E-state index in [0.717, 1.165) is 29.3 Å². The van der Waals surface area contributed by atoms with Crippen molar-refractivity contribution in [3.05, 3.63) is 87.4 Å². The van der Waals surface area contributed by atoms with Gasteiger partial charge in [-0.1, -0.05) is 46.3 Å². The van der Waals surface area contributed by atoms with Crippen LogP contribution in [0.4, 0.5) is 4.79 Å². The zero-order valence-corrected chi connectivity index (χ0v) is 20.2. The molecular formula is C27H22BrNO6. The summed E-state index contributed by atoms with van der Waals surface area (Å²) >= 11 is 3.41. The molecule has 3 atom stereocenters. The first-order chi connectivity index (χ1) is 17.1. The molecule has 1 aliphatic carbocycles. The Morgan fingerprint density at radius 3 is 2.74 bits per heavy atom. The summed E-state index contributed by atoms with van der Waals surface area (Å²) in [7, 11) is 0. The van der Waals surface area contributed by atoms with Gasteiger partial charge in [0.25, 0.3) is 0 Å². The van der Waals surface area contributed by atoms with Crippen LogP contribution in [0.2, 0.25) is 0 Å². The minimum absolute atomic E-state index is 0.130. The maximum absolute atomic E-state index is 13.6. The van der Waals surface area contributed by atoms with Gasteiger partial charge in [0.05, 0.1) is 11.6 Å². The second-order valence-corrected chi connectivity index (χ2v) is 9.69. The molecule has 0 saturated heterocycles. The van der Waals surface area contributed by atoms with Crippen LogP contribution in [-0.4, -0.2) is 24.8 Å². The largest absolute Gasteiger partial charge is 0.481 e. The summed E-state index contributed by atoms with van der Waals surface area (Å²) in [5, 5.41) is 2.97. The van der Waals surface area contributed by atoms with Crippen LogP contribution in [-0.2, 0) is 11.2 Å². The molecule has 2 heterocycles. The van der Waals surface area contributed by atoms with Crippen molar-refractivity contribution in [3.8, 4) is 17.2 Å². The number of aryl methyl sites for hydroxylation is 1. The molecule has 0 radical (unpaired) electrons. The zero-order valence-electron chi connectivity index (χ0n) is 18.7. The summed E-state index contributed by atoms with van der Waals surface area (Å²) in [4.78, 5) is 26.6. The Morgan fingerprint density at radius 1 is 1.00 bits per heavy atom. The van der Waals surface area contributed by atoms with Crippen LogP contribution in [0.3, 0.4) is 0 Å². The van der Waals surface area contributed by atoms with Crippen LogP contribution in [0.5, 0.6) is 17.2 Å². The molecule has 178 valence electrons. The first-order valence-electron chi connectivity index (χ1n) is 11.5. The molecule has 6 rings (SSSR count). The van der Waals surface area contributed by atoms with Crippen LogP contribution in [0.1, 0.15) is 52.0 Å². The summed E-state index contributed by atoms with van der Waals surface area (Å²) < 4.78 is 23.7. The fourth-order valence-electron chi connectivity index (χ4n) is 4.93. The Kier molecular flexibility index (Phi) is 5.60. The number of Topliss-reactive ketones (excluding diaryl/α,β-unsaturated/α-hetero) is 1. The lowest BCUT2D eigenvalue weighted by molar-refractivity contribution is 0.00799. The van der Waals surface area contributed by atoms with Gasteiger partial charge in [-0.05, 0) is 60.7 Å². The van der Waals surface area contributed by atoms with Crippen molar-refractivity contribution in [2.75, 3.05) is 6.79 Å². The van der Waals surface area contributed by atoms with Gasteiger partial charge in [0.1, 0.15) is 5.75 Å². The molecule has 35 heavy (non-hydrogen) atoms. The Labute approximate surface area is 210 Å². The van der Waals surface area contributed by atoms with Gasteiger partial charge in [0.2, 0.25) is 18.7 Å². The smallest absolute Gasteiger partial charge is 0.408 e. The number of amides is 1. The van der Waals surface area contributed by atoms with Gasteiger partial charge in [-0.3, -0.25) is 4.79 Å². The Morgan fingerprint density at radius 2 is 1.83 bits per heavy atom. The van der Waals surface area contributed by atoms with Gasteiger partial charge in [-0.15, -0.1) is 0 Å². The van der Waals surface area contributed by atoms with Gasteiger partial charge in [0, 0.05) is 10.0 Å². The fourth-order valence-corrected chi connectivity index (χ4v) is 5.29. The topological polar surface area (TPSA) is 83.1 Å². The van der Waals surface area contributed by atoms with Gasteiger partial charge >= 0.3 is 6.09 Å². The van der Waals surface area contributed by atoms with E-state index in [-0.39, 0.29) is 18.6 Å². The van der Waals surface area contributed by atoms with Crippen LogP contribution in [0.25, 0.3) is 0 Å². The van der Waals surface area contributed by atoms with Crippen molar-refractivity contribution in [2.45, 2.75) is 37.5 Å².